The molecule has 0 fully saturated rings. The zero-order valence-electron chi connectivity index (χ0n) is 13.8. The van der Waals surface area contributed by atoms with Crippen LogP contribution in [0, 0.1) is 0 Å². The second kappa shape index (κ2) is 7.47. The van der Waals surface area contributed by atoms with Gasteiger partial charge in [0.1, 0.15) is 0 Å². The Balaban J connectivity index is 2.42. The summed E-state index contributed by atoms with van der Waals surface area (Å²) in [5.74, 6) is 2.19. The second-order valence-electron chi connectivity index (χ2n) is 5.68. The van der Waals surface area contributed by atoms with E-state index < -0.39 is 6.89 Å². The SMILES string of the molecule is CCC(=O)C=P(c1ccccc1)(c1ccccc1)c1ccccc1. The molecule has 2 heteroatoms. The van der Waals surface area contributed by atoms with Crippen molar-refractivity contribution in [2.75, 3.05) is 0 Å². The Hall–Kier alpha value is -2.37. The fourth-order valence-corrected chi connectivity index (χ4v) is 6.85. The summed E-state index contributed by atoms with van der Waals surface area (Å²) in [6.45, 7) is -0.175. The minimum Gasteiger partial charge on any atom is -0.295 e. The zero-order valence-corrected chi connectivity index (χ0v) is 14.7. The van der Waals surface area contributed by atoms with Gasteiger partial charge in [0.2, 0.25) is 0 Å². The molecule has 24 heavy (non-hydrogen) atoms. The van der Waals surface area contributed by atoms with E-state index in [-0.39, 0.29) is 5.78 Å². The molecule has 0 saturated carbocycles. The van der Waals surface area contributed by atoms with Crippen LogP contribution >= 0.6 is 6.89 Å². The van der Waals surface area contributed by atoms with Crippen molar-refractivity contribution in [1.29, 1.82) is 0 Å². The molecule has 0 spiro atoms. The first-order chi connectivity index (χ1) is 11.8. The summed E-state index contributed by atoms with van der Waals surface area (Å²) >= 11 is 0. The summed E-state index contributed by atoms with van der Waals surface area (Å²) < 4.78 is 0. The Bertz CT molecular complexity index is 749. The van der Waals surface area contributed by atoms with Crippen LogP contribution < -0.4 is 15.9 Å². The van der Waals surface area contributed by atoms with E-state index >= 15 is 0 Å². The first-order valence-electron chi connectivity index (χ1n) is 8.21. The van der Waals surface area contributed by atoms with Gasteiger partial charge in [0.05, 0.1) is 0 Å². The number of hydrogen-bond acceptors (Lipinski definition) is 1. The minimum absolute atomic E-state index is 0.194. The first-order valence-corrected chi connectivity index (χ1v) is 10.1. The summed E-state index contributed by atoms with van der Waals surface area (Å²) in [5.41, 5.74) is 0. The Kier molecular flexibility index (Phi) is 5.13. The van der Waals surface area contributed by atoms with Crippen molar-refractivity contribution in [3.05, 3.63) is 91.0 Å². The number of Topliss-reactive ketones (excluding diaryl/α,β-unsaturated/α-hetero) is 1. The van der Waals surface area contributed by atoms with Crippen molar-refractivity contribution >= 4 is 34.4 Å². The lowest BCUT2D eigenvalue weighted by atomic mass is 10.3. The van der Waals surface area contributed by atoms with Gasteiger partial charge in [-0.1, -0.05) is 97.9 Å². The largest absolute Gasteiger partial charge is 0.295 e. The molecule has 120 valence electrons. The van der Waals surface area contributed by atoms with E-state index in [0.29, 0.717) is 6.42 Å². The molecule has 0 bridgehead atoms. The molecule has 0 saturated heterocycles. The highest BCUT2D eigenvalue weighted by Gasteiger charge is 2.25. The lowest BCUT2D eigenvalue weighted by molar-refractivity contribution is -0.112. The Morgan fingerprint density at radius 3 is 1.33 bits per heavy atom. The standard InChI is InChI=1S/C22H21OP/c1-2-19(23)18-24(20-12-6-3-7-13-20,21-14-8-4-9-15-21)22-16-10-5-11-17-22/h3-18H,2H2,1H3. The average molecular weight is 332 g/mol. The van der Waals surface area contributed by atoms with Gasteiger partial charge in [-0.05, 0) is 28.6 Å². The number of rotatable bonds is 5. The van der Waals surface area contributed by atoms with Crippen LogP contribution in [0.15, 0.2) is 91.0 Å². The van der Waals surface area contributed by atoms with Gasteiger partial charge in [0, 0.05) is 6.42 Å². The van der Waals surface area contributed by atoms with Gasteiger partial charge in [0.25, 0.3) is 0 Å². The highest BCUT2D eigenvalue weighted by atomic mass is 31.2. The van der Waals surface area contributed by atoms with Gasteiger partial charge < -0.3 is 0 Å². The van der Waals surface area contributed by atoms with Gasteiger partial charge in [-0.2, -0.15) is 0 Å². The van der Waals surface area contributed by atoms with E-state index in [1.54, 1.807) is 0 Å². The van der Waals surface area contributed by atoms with Crippen LogP contribution in [0.1, 0.15) is 13.3 Å². The smallest absolute Gasteiger partial charge is 0.156 e. The third-order valence-corrected chi connectivity index (χ3v) is 8.19. The van der Waals surface area contributed by atoms with E-state index in [9.17, 15) is 4.79 Å². The zero-order chi connectivity index (χ0) is 16.8. The molecule has 0 aliphatic carbocycles. The van der Waals surface area contributed by atoms with Gasteiger partial charge in [-0.25, -0.2) is 0 Å². The molecule has 0 aliphatic rings. The maximum absolute atomic E-state index is 12.5. The van der Waals surface area contributed by atoms with Gasteiger partial charge >= 0.3 is 0 Å². The fourth-order valence-electron chi connectivity index (χ4n) is 2.97. The third-order valence-electron chi connectivity index (χ3n) is 4.18. The van der Waals surface area contributed by atoms with E-state index in [1.165, 1.54) is 15.9 Å². The quantitative estimate of drug-likeness (QED) is 0.650. The molecule has 0 amide bonds. The van der Waals surface area contributed by atoms with Crippen molar-refractivity contribution in [2.24, 2.45) is 0 Å². The van der Waals surface area contributed by atoms with Crippen molar-refractivity contribution in [3.63, 3.8) is 0 Å². The molecule has 1 nitrogen and oxygen atoms in total. The Morgan fingerprint density at radius 1 is 0.708 bits per heavy atom. The topological polar surface area (TPSA) is 17.1 Å². The summed E-state index contributed by atoms with van der Waals surface area (Å²) in [7, 11) is 0. The predicted molar refractivity (Wildman–Crippen MR) is 107 cm³/mol. The van der Waals surface area contributed by atoms with Crippen LogP contribution in [0.25, 0.3) is 0 Å². The molecule has 3 aromatic carbocycles. The fraction of sp³-hybridized carbons (Fsp3) is 0.0909. The molecular formula is C22H21OP. The van der Waals surface area contributed by atoms with Crippen molar-refractivity contribution in [1.82, 2.24) is 0 Å². The molecule has 0 atom stereocenters. The number of ketones is 1. The average Bonchev–Trinajstić information content (AvgIpc) is 2.68. The molecule has 3 aromatic rings. The molecule has 0 radical (unpaired) electrons. The maximum Gasteiger partial charge on any atom is 0.156 e. The number of carbonyl (C=O) groups excluding carboxylic acids is 1. The van der Waals surface area contributed by atoms with Crippen LogP contribution in [0.4, 0.5) is 0 Å². The normalized spacial score (nSPS) is 11.0. The molecule has 0 aromatic heterocycles. The van der Waals surface area contributed by atoms with Gasteiger partial charge in [0.15, 0.2) is 5.78 Å². The first kappa shape index (κ1) is 16.5. The minimum atomic E-state index is -2.10. The van der Waals surface area contributed by atoms with Crippen molar-refractivity contribution in [3.8, 4) is 0 Å². The molecule has 0 heterocycles. The van der Waals surface area contributed by atoms with Crippen LogP contribution in [0.3, 0.4) is 0 Å². The van der Waals surface area contributed by atoms with E-state index in [1.807, 2.05) is 30.9 Å². The lowest BCUT2D eigenvalue weighted by Gasteiger charge is -2.28. The van der Waals surface area contributed by atoms with Crippen LogP contribution in [0.2, 0.25) is 0 Å². The maximum atomic E-state index is 12.5. The summed E-state index contributed by atoms with van der Waals surface area (Å²) in [4.78, 5) is 12.5. The Morgan fingerprint density at radius 2 is 1.04 bits per heavy atom. The van der Waals surface area contributed by atoms with Crippen molar-refractivity contribution in [2.45, 2.75) is 13.3 Å². The monoisotopic (exact) mass is 332 g/mol. The van der Waals surface area contributed by atoms with E-state index in [4.69, 9.17) is 0 Å². The second-order valence-corrected chi connectivity index (χ2v) is 8.93. The molecule has 3 rings (SSSR count). The third kappa shape index (κ3) is 3.13. The summed E-state index contributed by atoms with van der Waals surface area (Å²) in [6, 6.07) is 31.3. The van der Waals surface area contributed by atoms with E-state index in [2.05, 4.69) is 72.8 Å². The summed E-state index contributed by atoms with van der Waals surface area (Å²) in [5, 5.41) is 3.64. The highest BCUT2D eigenvalue weighted by molar-refractivity contribution is 7.95. The van der Waals surface area contributed by atoms with Gasteiger partial charge in [-0.3, -0.25) is 4.79 Å². The van der Waals surface area contributed by atoms with E-state index in [0.717, 1.165) is 0 Å². The van der Waals surface area contributed by atoms with Crippen LogP contribution in [-0.2, 0) is 4.79 Å². The lowest BCUT2D eigenvalue weighted by Crippen LogP contribution is -2.28. The molecule has 0 N–H and O–H groups in total. The number of carbonyl (C=O) groups is 1. The van der Waals surface area contributed by atoms with Crippen LogP contribution in [-0.4, -0.2) is 11.6 Å². The van der Waals surface area contributed by atoms with Crippen LogP contribution in [0.5, 0.6) is 0 Å². The summed E-state index contributed by atoms with van der Waals surface area (Å²) in [6.07, 6.45) is 0.522. The predicted octanol–water partition coefficient (Wildman–Crippen LogP) is 3.76. The Labute approximate surface area is 144 Å². The molecule has 0 unspecified atom stereocenters. The van der Waals surface area contributed by atoms with Crippen molar-refractivity contribution < 1.29 is 4.79 Å². The van der Waals surface area contributed by atoms with Gasteiger partial charge in [-0.15, -0.1) is 0 Å². The highest BCUT2D eigenvalue weighted by Crippen LogP contribution is 2.43. The number of benzene rings is 3. The molecular weight excluding hydrogens is 311 g/mol. The number of hydrogen-bond donors (Lipinski definition) is 0. The molecule has 0 aliphatic heterocycles.